The van der Waals surface area contributed by atoms with Gasteiger partial charge in [-0.05, 0) is 60.1 Å². The average Bonchev–Trinajstić information content (AvgIpc) is 2.80. The molecule has 1 aliphatic rings. The van der Waals surface area contributed by atoms with Crippen molar-refractivity contribution in [3.05, 3.63) is 99.8 Å². The van der Waals surface area contributed by atoms with Crippen molar-refractivity contribution in [1.82, 2.24) is 4.98 Å². The second kappa shape index (κ2) is 8.23. The van der Waals surface area contributed by atoms with E-state index in [0.717, 1.165) is 58.8 Å². The Morgan fingerprint density at radius 3 is 2.32 bits per heavy atom. The molecule has 1 heterocycles. The molecule has 0 saturated carbocycles. The van der Waals surface area contributed by atoms with Crippen LogP contribution < -0.4 is 10.9 Å². The van der Waals surface area contributed by atoms with Crippen LogP contribution in [0.5, 0.6) is 0 Å². The number of amides is 1. The maximum atomic E-state index is 12.6. The van der Waals surface area contributed by atoms with Gasteiger partial charge in [-0.25, -0.2) is 0 Å². The van der Waals surface area contributed by atoms with Crippen LogP contribution >= 0.6 is 0 Å². The third-order valence-electron chi connectivity index (χ3n) is 6.04. The van der Waals surface area contributed by atoms with Crippen LogP contribution in [0.15, 0.2) is 77.6 Å². The van der Waals surface area contributed by atoms with E-state index in [1.54, 1.807) is 0 Å². The van der Waals surface area contributed by atoms with Crippen LogP contribution in [-0.4, -0.2) is 10.9 Å². The summed E-state index contributed by atoms with van der Waals surface area (Å²) in [5, 5.41) is 4.05. The monoisotopic (exact) mass is 408 g/mol. The van der Waals surface area contributed by atoms with Crippen LogP contribution in [0.25, 0.3) is 22.0 Å². The lowest BCUT2D eigenvalue weighted by Crippen LogP contribution is -2.19. The molecule has 4 nitrogen and oxygen atoms in total. The molecule has 0 atom stereocenters. The maximum absolute atomic E-state index is 12.6. The Morgan fingerprint density at radius 1 is 0.839 bits per heavy atom. The number of benzene rings is 3. The largest absolute Gasteiger partial charge is 0.326 e. The highest BCUT2D eigenvalue weighted by Gasteiger charge is 2.16. The van der Waals surface area contributed by atoms with Crippen molar-refractivity contribution in [3.8, 4) is 11.1 Å². The molecule has 4 aromatic rings. The van der Waals surface area contributed by atoms with E-state index in [4.69, 9.17) is 0 Å². The molecule has 0 spiro atoms. The van der Waals surface area contributed by atoms with Gasteiger partial charge < -0.3 is 10.3 Å². The van der Waals surface area contributed by atoms with Gasteiger partial charge in [0.25, 0.3) is 5.56 Å². The molecule has 0 fully saturated rings. The Balaban J connectivity index is 1.32. The van der Waals surface area contributed by atoms with E-state index in [9.17, 15) is 9.59 Å². The molecule has 2 N–H and O–H groups in total. The Morgan fingerprint density at radius 2 is 1.55 bits per heavy atom. The smallest absolute Gasteiger partial charge is 0.251 e. The van der Waals surface area contributed by atoms with Crippen LogP contribution in [0.4, 0.5) is 5.69 Å². The summed E-state index contributed by atoms with van der Waals surface area (Å²) in [5.41, 5.74) is 6.83. The normalized spacial score (nSPS) is 13.0. The van der Waals surface area contributed by atoms with Crippen molar-refractivity contribution in [2.75, 3.05) is 5.32 Å². The second-order valence-corrected chi connectivity index (χ2v) is 8.17. The van der Waals surface area contributed by atoms with Crippen LogP contribution in [0, 0.1) is 0 Å². The molecule has 3 aromatic carbocycles. The Hall–Kier alpha value is -3.66. The first kappa shape index (κ1) is 19.3. The number of pyridine rings is 1. The van der Waals surface area contributed by atoms with E-state index in [0.29, 0.717) is 12.1 Å². The number of aromatic nitrogens is 1. The molecule has 0 aliphatic heterocycles. The van der Waals surface area contributed by atoms with Gasteiger partial charge in [0.2, 0.25) is 5.91 Å². The number of nitrogens with one attached hydrogen (secondary N) is 2. The van der Waals surface area contributed by atoms with E-state index in [-0.39, 0.29) is 11.5 Å². The SMILES string of the molecule is O=C(Cc1ccc(-c2ccccc2)cc1)Nc1ccc2c3c(c(=O)[nH]c2c1)CCCC3. The van der Waals surface area contributed by atoms with Gasteiger partial charge in [0.05, 0.1) is 11.9 Å². The fraction of sp³-hybridized carbons (Fsp3) is 0.185. The molecule has 0 bridgehead atoms. The Kier molecular flexibility index (Phi) is 5.13. The first-order valence-electron chi connectivity index (χ1n) is 10.8. The summed E-state index contributed by atoms with van der Waals surface area (Å²) in [6, 6.07) is 24.0. The van der Waals surface area contributed by atoms with Gasteiger partial charge in [-0.3, -0.25) is 9.59 Å². The lowest BCUT2D eigenvalue weighted by atomic mass is 9.90. The number of rotatable bonds is 4. The average molecular weight is 409 g/mol. The predicted molar refractivity (Wildman–Crippen MR) is 125 cm³/mol. The number of hydrogen-bond acceptors (Lipinski definition) is 2. The number of anilines is 1. The zero-order valence-corrected chi connectivity index (χ0v) is 17.3. The first-order valence-corrected chi connectivity index (χ1v) is 10.8. The van der Waals surface area contributed by atoms with Crippen LogP contribution in [-0.2, 0) is 24.1 Å². The van der Waals surface area contributed by atoms with Gasteiger partial charge in [-0.2, -0.15) is 0 Å². The summed E-state index contributed by atoms with van der Waals surface area (Å²) in [6.45, 7) is 0. The standard InChI is InChI=1S/C27H24N2O2/c30-26(16-18-10-12-20(13-11-18)19-6-2-1-3-7-19)28-21-14-15-23-22-8-4-5-9-24(22)27(31)29-25(23)17-21/h1-3,6-7,10-15,17H,4-5,8-9,16H2,(H,28,30)(H,29,31). The number of aromatic amines is 1. The summed E-state index contributed by atoms with van der Waals surface area (Å²) < 4.78 is 0. The zero-order chi connectivity index (χ0) is 21.2. The van der Waals surface area contributed by atoms with Crippen LogP contribution in [0.1, 0.15) is 29.5 Å². The van der Waals surface area contributed by atoms with Gasteiger partial charge in [-0.15, -0.1) is 0 Å². The molecular formula is C27H24N2O2. The number of aryl methyl sites for hydroxylation is 1. The van der Waals surface area contributed by atoms with Crippen molar-refractivity contribution in [3.63, 3.8) is 0 Å². The molecule has 154 valence electrons. The Bertz CT molecular complexity index is 1310. The number of H-pyrrole nitrogens is 1. The van der Waals surface area contributed by atoms with E-state index in [1.807, 2.05) is 60.7 Å². The van der Waals surface area contributed by atoms with Crippen molar-refractivity contribution in [2.45, 2.75) is 32.1 Å². The van der Waals surface area contributed by atoms with Crippen molar-refractivity contribution in [2.24, 2.45) is 0 Å². The van der Waals surface area contributed by atoms with Crippen molar-refractivity contribution < 1.29 is 4.79 Å². The van der Waals surface area contributed by atoms with Gasteiger partial charge in [0.1, 0.15) is 0 Å². The van der Waals surface area contributed by atoms with Gasteiger partial charge in [0.15, 0.2) is 0 Å². The van der Waals surface area contributed by atoms with Crippen molar-refractivity contribution in [1.29, 1.82) is 0 Å². The third kappa shape index (κ3) is 4.02. The number of carbonyl (C=O) groups excluding carboxylic acids is 1. The lowest BCUT2D eigenvalue weighted by molar-refractivity contribution is -0.115. The molecule has 1 amide bonds. The molecule has 1 aliphatic carbocycles. The third-order valence-corrected chi connectivity index (χ3v) is 6.04. The molecule has 0 unspecified atom stereocenters. The maximum Gasteiger partial charge on any atom is 0.251 e. The molecule has 4 heteroatoms. The van der Waals surface area contributed by atoms with Gasteiger partial charge in [0, 0.05) is 16.6 Å². The van der Waals surface area contributed by atoms with Crippen LogP contribution in [0.3, 0.4) is 0 Å². The summed E-state index contributed by atoms with van der Waals surface area (Å²) >= 11 is 0. The topological polar surface area (TPSA) is 62.0 Å². The minimum atomic E-state index is -0.0767. The summed E-state index contributed by atoms with van der Waals surface area (Å²) in [5.74, 6) is -0.0767. The highest BCUT2D eigenvalue weighted by molar-refractivity contribution is 5.95. The number of hydrogen-bond donors (Lipinski definition) is 2. The van der Waals surface area contributed by atoms with E-state index >= 15 is 0 Å². The minimum absolute atomic E-state index is 0.00387. The fourth-order valence-corrected chi connectivity index (χ4v) is 4.48. The van der Waals surface area contributed by atoms with Crippen molar-refractivity contribution >= 4 is 22.5 Å². The molecule has 1 aromatic heterocycles. The molecular weight excluding hydrogens is 384 g/mol. The quantitative estimate of drug-likeness (QED) is 0.484. The summed E-state index contributed by atoms with van der Waals surface area (Å²) in [7, 11) is 0. The van der Waals surface area contributed by atoms with Gasteiger partial charge >= 0.3 is 0 Å². The predicted octanol–water partition coefficient (Wildman–Crippen LogP) is 5.26. The highest BCUT2D eigenvalue weighted by atomic mass is 16.1. The molecule has 31 heavy (non-hydrogen) atoms. The number of fused-ring (bicyclic) bond motifs is 3. The highest BCUT2D eigenvalue weighted by Crippen LogP contribution is 2.27. The number of carbonyl (C=O) groups is 1. The molecule has 0 radical (unpaired) electrons. The molecule has 0 saturated heterocycles. The zero-order valence-electron chi connectivity index (χ0n) is 17.3. The summed E-state index contributed by atoms with van der Waals surface area (Å²) in [4.78, 5) is 28.0. The van der Waals surface area contributed by atoms with E-state index in [2.05, 4.69) is 22.4 Å². The lowest BCUT2D eigenvalue weighted by Gasteiger charge is -2.17. The van der Waals surface area contributed by atoms with E-state index < -0.39 is 0 Å². The molecule has 5 rings (SSSR count). The fourth-order valence-electron chi connectivity index (χ4n) is 4.48. The van der Waals surface area contributed by atoms with E-state index in [1.165, 1.54) is 5.56 Å². The minimum Gasteiger partial charge on any atom is -0.326 e. The second-order valence-electron chi connectivity index (χ2n) is 8.17. The Labute approximate surface area is 181 Å². The van der Waals surface area contributed by atoms with Crippen LogP contribution in [0.2, 0.25) is 0 Å². The van der Waals surface area contributed by atoms with Gasteiger partial charge in [-0.1, -0.05) is 60.7 Å². The summed E-state index contributed by atoms with van der Waals surface area (Å²) in [6.07, 6.45) is 4.28. The first-order chi connectivity index (χ1) is 15.2.